The van der Waals surface area contributed by atoms with Crippen LogP contribution in [0.2, 0.25) is 10.0 Å². The van der Waals surface area contributed by atoms with Crippen LogP contribution >= 0.6 is 39.1 Å². The van der Waals surface area contributed by atoms with Crippen molar-refractivity contribution in [3.05, 3.63) is 91.9 Å². The minimum atomic E-state index is -1.26. The Balaban J connectivity index is 1.60. The molecule has 5 rings (SSSR count). The fourth-order valence-corrected chi connectivity index (χ4v) is 6.03. The van der Waals surface area contributed by atoms with Crippen molar-refractivity contribution in [2.45, 2.75) is 30.8 Å². The molecule has 10 heteroatoms. The van der Waals surface area contributed by atoms with Gasteiger partial charge in [0.2, 0.25) is 5.91 Å². The summed E-state index contributed by atoms with van der Waals surface area (Å²) in [5, 5.41) is 10.1. The predicted octanol–water partition coefficient (Wildman–Crippen LogP) is 5.61. The van der Waals surface area contributed by atoms with E-state index in [4.69, 9.17) is 23.2 Å². The van der Waals surface area contributed by atoms with Gasteiger partial charge in [0.15, 0.2) is 0 Å². The van der Waals surface area contributed by atoms with Crippen LogP contribution in [0.3, 0.4) is 0 Å². The summed E-state index contributed by atoms with van der Waals surface area (Å²) in [6.07, 6.45) is 1.59. The summed E-state index contributed by atoms with van der Waals surface area (Å²) in [6, 6.07) is 17.3. The molecule has 0 aromatic heterocycles. The molecule has 3 aromatic rings. The lowest BCUT2D eigenvalue weighted by Crippen LogP contribution is -2.46. The lowest BCUT2D eigenvalue weighted by Gasteiger charge is -2.32. The summed E-state index contributed by atoms with van der Waals surface area (Å²) >= 11 is 16.0. The number of anilines is 2. The van der Waals surface area contributed by atoms with Crippen LogP contribution in [0.15, 0.2) is 65.1 Å². The molecule has 0 saturated carbocycles. The molecule has 0 aliphatic carbocycles. The zero-order valence-electron chi connectivity index (χ0n) is 20.5. The minimum Gasteiger partial charge on any atom is -0.367 e. The molecule has 1 unspecified atom stereocenters. The van der Waals surface area contributed by atoms with Crippen molar-refractivity contribution in [1.82, 2.24) is 10.2 Å². The van der Waals surface area contributed by atoms with E-state index in [2.05, 4.69) is 31.9 Å². The summed E-state index contributed by atoms with van der Waals surface area (Å²) in [5.74, 6) is -0.753. The quantitative estimate of drug-likeness (QED) is 0.336. The first kappa shape index (κ1) is 26.5. The maximum Gasteiger partial charge on any atom is 0.256 e. The van der Waals surface area contributed by atoms with Gasteiger partial charge in [0.1, 0.15) is 11.6 Å². The summed E-state index contributed by atoms with van der Waals surface area (Å²) in [5.41, 5.74) is 1.71. The molecule has 1 saturated heterocycles. The fourth-order valence-electron chi connectivity index (χ4n) is 5.28. The smallest absolute Gasteiger partial charge is 0.256 e. The van der Waals surface area contributed by atoms with Gasteiger partial charge >= 0.3 is 0 Å². The van der Waals surface area contributed by atoms with Crippen LogP contribution in [0.1, 0.15) is 34.3 Å². The number of halogens is 3. The standard InChI is InChI=1S/C28H25BrCl2N4O3/c1-32-25(36)24-6-3-11-35(24)26(37)20-9-7-17(29)13-22(20)34-28(15-16-4-2-5-18(30)12-16)21-10-8-19(31)14-23(21)33-27(28)38/h2,4-5,7-10,12-14,24,34H,3,6,11,15H2,1H3,(H,32,36)(H,33,38)/t24?,28-/m1/s1. The highest BCUT2D eigenvalue weighted by atomic mass is 79.9. The molecular weight excluding hydrogens is 591 g/mol. The molecule has 3 N–H and O–H groups in total. The number of hydrogen-bond donors (Lipinski definition) is 3. The van der Waals surface area contributed by atoms with E-state index in [1.807, 2.05) is 24.3 Å². The highest BCUT2D eigenvalue weighted by molar-refractivity contribution is 9.10. The van der Waals surface area contributed by atoms with E-state index in [0.29, 0.717) is 45.5 Å². The summed E-state index contributed by atoms with van der Waals surface area (Å²) in [4.78, 5) is 41.6. The maximum atomic E-state index is 13.8. The number of hydrogen-bond acceptors (Lipinski definition) is 4. The molecule has 38 heavy (non-hydrogen) atoms. The third kappa shape index (κ3) is 4.88. The van der Waals surface area contributed by atoms with Crippen molar-refractivity contribution in [2.75, 3.05) is 24.2 Å². The lowest BCUT2D eigenvalue weighted by molar-refractivity contribution is -0.124. The molecule has 0 spiro atoms. The van der Waals surface area contributed by atoms with Crippen molar-refractivity contribution in [2.24, 2.45) is 0 Å². The second-order valence-electron chi connectivity index (χ2n) is 9.44. The zero-order valence-corrected chi connectivity index (χ0v) is 23.6. The largest absolute Gasteiger partial charge is 0.367 e. The van der Waals surface area contributed by atoms with Crippen LogP contribution in [-0.2, 0) is 21.5 Å². The van der Waals surface area contributed by atoms with Crippen molar-refractivity contribution >= 4 is 68.2 Å². The van der Waals surface area contributed by atoms with E-state index < -0.39 is 11.6 Å². The number of carbonyl (C=O) groups is 3. The Morgan fingerprint density at radius 2 is 1.89 bits per heavy atom. The first-order chi connectivity index (χ1) is 18.2. The number of rotatable bonds is 6. The molecule has 2 aliphatic heterocycles. The molecule has 0 radical (unpaired) electrons. The monoisotopic (exact) mass is 614 g/mol. The molecule has 2 atom stereocenters. The van der Waals surface area contributed by atoms with Crippen LogP contribution in [0.25, 0.3) is 0 Å². The third-order valence-corrected chi connectivity index (χ3v) is 8.02. The van der Waals surface area contributed by atoms with Crippen molar-refractivity contribution < 1.29 is 14.4 Å². The Bertz CT molecular complexity index is 1450. The van der Waals surface area contributed by atoms with Gasteiger partial charge in [-0.05, 0) is 60.9 Å². The number of amides is 3. The number of nitrogens with zero attached hydrogens (tertiary/aromatic N) is 1. The van der Waals surface area contributed by atoms with Crippen LogP contribution in [0, 0.1) is 0 Å². The SMILES string of the molecule is CNC(=O)C1CCCN1C(=O)c1ccc(Br)cc1N[C@@]1(Cc2cccc(Cl)c2)C(=O)Nc2cc(Cl)ccc21. The summed E-state index contributed by atoms with van der Waals surface area (Å²) in [6.45, 7) is 0.474. The fraction of sp³-hybridized carbons (Fsp3) is 0.250. The number of fused-ring (bicyclic) bond motifs is 1. The molecule has 7 nitrogen and oxygen atoms in total. The van der Waals surface area contributed by atoms with E-state index in [0.717, 1.165) is 16.5 Å². The van der Waals surface area contributed by atoms with E-state index in [-0.39, 0.29) is 24.1 Å². The van der Waals surface area contributed by atoms with E-state index >= 15 is 0 Å². The van der Waals surface area contributed by atoms with Crippen LogP contribution in [0.5, 0.6) is 0 Å². The van der Waals surface area contributed by atoms with Gasteiger partial charge in [-0.2, -0.15) is 0 Å². The lowest BCUT2D eigenvalue weighted by atomic mass is 9.84. The van der Waals surface area contributed by atoms with Crippen molar-refractivity contribution in [3.8, 4) is 0 Å². The van der Waals surface area contributed by atoms with Gasteiger partial charge in [-0.3, -0.25) is 14.4 Å². The van der Waals surface area contributed by atoms with E-state index in [9.17, 15) is 14.4 Å². The molecule has 3 aromatic carbocycles. The molecule has 196 valence electrons. The van der Waals surface area contributed by atoms with E-state index in [1.54, 1.807) is 48.3 Å². The third-order valence-electron chi connectivity index (χ3n) is 7.06. The highest BCUT2D eigenvalue weighted by Crippen LogP contribution is 2.43. The maximum absolute atomic E-state index is 13.8. The molecule has 0 bridgehead atoms. The first-order valence-corrected chi connectivity index (χ1v) is 13.7. The summed E-state index contributed by atoms with van der Waals surface area (Å²) < 4.78 is 0.730. The average Bonchev–Trinajstić information content (AvgIpc) is 3.46. The average molecular weight is 616 g/mol. The second-order valence-corrected chi connectivity index (χ2v) is 11.2. The molecule has 2 aliphatic rings. The van der Waals surface area contributed by atoms with Gasteiger partial charge in [-0.1, -0.05) is 57.3 Å². The Morgan fingerprint density at radius 3 is 2.66 bits per heavy atom. The van der Waals surface area contributed by atoms with Crippen molar-refractivity contribution in [3.63, 3.8) is 0 Å². The topological polar surface area (TPSA) is 90.5 Å². The molecular formula is C28H25BrCl2N4O3. The van der Waals surface area contributed by atoms with Gasteiger partial charge in [0.05, 0.1) is 5.56 Å². The van der Waals surface area contributed by atoms with Gasteiger partial charge in [0.25, 0.3) is 11.8 Å². The van der Waals surface area contributed by atoms with Crippen LogP contribution < -0.4 is 16.0 Å². The second kappa shape index (κ2) is 10.6. The normalized spacial score (nSPS) is 20.2. The number of carbonyl (C=O) groups excluding carboxylic acids is 3. The van der Waals surface area contributed by atoms with Crippen molar-refractivity contribution in [1.29, 1.82) is 0 Å². The number of nitrogens with one attached hydrogen (secondary N) is 3. The Kier molecular flexibility index (Phi) is 7.40. The van der Waals surface area contributed by atoms with E-state index in [1.165, 1.54) is 0 Å². The number of benzene rings is 3. The Labute approximate surface area is 239 Å². The van der Waals surface area contributed by atoms with Gasteiger partial charge in [-0.25, -0.2) is 0 Å². The van der Waals surface area contributed by atoms with Gasteiger partial charge < -0.3 is 20.9 Å². The molecule has 2 heterocycles. The van der Waals surface area contributed by atoms with Gasteiger partial charge in [-0.15, -0.1) is 0 Å². The first-order valence-electron chi connectivity index (χ1n) is 12.2. The van der Waals surface area contributed by atoms with Crippen LogP contribution in [-0.4, -0.2) is 42.3 Å². The zero-order chi connectivity index (χ0) is 27.0. The number of likely N-dealkylation sites (N-methyl/N-ethyl adjacent to an activating group) is 1. The summed E-state index contributed by atoms with van der Waals surface area (Å²) in [7, 11) is 1.57. The molecule has 3 amide bonds. The highest BCUT2D eigenvalue weighted by Gasteiger charge is 2.48. The van der Waals surface area contributed by atoms with Gasteiger partial charge in [0, 0.05) is 51.5 Å². The molecule has 1 fully saturated rings. The predicted molar refractivity (Wildman–Crippen MR) is 153 cm³/mol. The number of likely N-dealkylation sites (tertiary alicyclic amines) is 1. The van der Waals surface area contributed by atoms with Crippen LogP contribution in [0.4, 0.5) is 11.4 Å². The Hall–Kier alpha value is -3.07. The Morgan fingerprint density at radius 1 is 1.11 bits per heavy atom. The minimum absolute atomic E-state index is 0.194.